The average molecular weight is 446 g/mol. The van der Waals surface area contributed by atoms with Crippen LogP contribution in [0.3, 0.4) is 0 Å². The van der Waals surface area contributed by atoms with E-state index in [0.29, 0.717) is 6.42 Å². The van der Waals surface area contributed by atoms with Crippen LogP contribution in [0.5, 0.6) is 0 Å². The predicted molar refractivity (Wildman–Crippen MR) is 116 cm³/mol. The Morgan fingerprint density at radius 1 is 1.13 bits per heavy atom. The second-order valence-corrected chi connectivity index (χ2v) is 15.1. The van der Waals surface area contributed by atoms with Crippen molar-refractivity contribution in [3.63, 3.8) is 0 Å². The Kier molecular flexibility index (Phi) is 8.52. The molecule has 0 aliphatic carbocycles. The first-order valence-electron chi connectivity index (χ1n) is 10.5. The second-order valence-electron chi connectivity index (χ2n) is 10.4. The van der Waals surface area contributed by atoms with Crippen molar-refractivity contribution in [2.45, 2.75) is 97.2 Å². The van der Waals surface area contributed by atoms with Gasteiger partial charge in [-0.25, -0.2) is 4.79 Å². The first-order valence-corrected chi connectivity index (χ1v) is 13.4. The van der Waals surface area contributed by atoms with E-state index in [1.54, 1.807) is 27.7 Å². The molecule has 0 aromatic rings. The topological polar surface area (TPSA) is 102 Å². The number of hydrogen-bond donors (Lipinski definition) is 1. The number of rotatable bonds is 7. The van der Waals surface area contributed by atoms with Crippen LogP contribution in [0.2, 0.25) is 18.1 Å². The van der Waals surface area contributed by atoms with E-state index in [0.717, 1.165) is 0 Å². The van der Waals surface area contributed by atoms with Gasteiger partial charge in [-0.05, 0) is 52.2 Å². The van der Waals surface area contributed by atoms with Gasteiger partial charge in [-0.2, -0.15) is 0 Å². The van der Waals surface area contributed by atoms with Crippen molar-refractivity contribution >= 4 is 26.3 Å². The summed E-state index contributed by atoms with van der Waals surface area (Å²) in [4.78, 5) is 38.3. The normalized spacial score (nSPS) is 21.3. The molecule has 3 atom stereocenters. The smallest absolute Gasteiger partial charge is 0.410 e. The molecule has 1 aliphatic rings. The number of carboxylic acid groups (broad SMARTS) is 1. The summed E-state index contributed by atoms with van der Waals surface area (Å²) in [6.45, 7) is 17.9. The van der Waals surface area contributed by atoms with Crippen LogP contribution in [0.15, 0.2) is 0 Å². The Morgan fingerprint density at radius 2 is 1.70 bits per heavy atom. The summed E-state index contributed by atoms with van der Waals surface area (Å²) in [6.07, 6.45) is -0.876. The lowest BCUT2D eigenvalue weighted by atomic mass is 9.94. The van der Waals surface area contributed by atoms with E-state index in [-0.39, 0.29) is 30.7 Å². The second kappa shape index (κ2) is 9.68. The lowest BCUT2D eigenvalue weighted by molar-refractivity contribution is -0.153. The number of esters is 1. The molecule has 9 heteroatoms. The van der Waals surface area contributed by atoms with E-state index in [9.17, 15) is 19.5 Å². The van der Waals surface area contributed by atoms with E-state index >= 15 is 0 Å². The van der Waals surface area contributed by atoms with Crippen molar-refractivity contribution in [1.82, 2.24) is 4.90 Å². The fourth-order valence-electron chi connectivity index (χ4n) is 3.20. The molecule has 174 valence electrons. The van der Waals surface area contributed by atoms with Gasteiger partial charge in [0.2, 0.25) is 0 Å². The van der Waals surface area contributed by atoms with Crippen LogP contribution in [-0.4, -0.2) is 67.3 Å². The molecule has 0 spiro atoms. The van der Waals surface area contributed by atoms with Crippen molar-refractivity contribution < 1.29 is 33.4 Å². The molecule has 0 aromatic carbocycles. The van der Waals surface area contributed by atoms with Crippen LogP contribution in [0.1, 0.15) is 61.3 Å². The molecular weight excluding hydrogens is 406 g/mol. The number of ether oxygens (including phenoxy) is 2. The van der Waals surface area contributed by atoms with Gasteiger partial charge in [-0.1, -0.05) is 20.8 Å². The first-order chi connectivity index (χ1) is 13.5. The summed E-state index contributed by atoms with van der Waals surface area (Å²) >= 11 is 0. The van der Waals surface area contributed by atoms with E-state index in [2.05, 4.69) is 33.9 Å². The van der Waals surface area contributed by atoms with Crippen LogP contribution in [0.25, 0.3) is 0 Å². The number of carboxylic acids is 1. The molecule has 1 heterocycles. The maximum Gasteiger partial charge on any atom is 0.410 e. The van der Waals surface area contributed by atoms with Crippen LogP contribution in [-0.2, 0) is 23.5 Å². The largest absolute Gasteiger partial charge is 0.481 e. The maximum absolute atomic E-state index is 12.9. The van der Waals surface area contributed by atoms with E-state index in [1.807, 2.05) is 0 Å². The van der Waals surface area contributed by atoms with Crippen LogP contribution >= 0.6 is 0 Å². The maximum atomic E-state index is 12.9. The minimum absolute atomic E-state index is 0.0288. The molecular formula is C21H39NO7Si. The molecule has 0 radical (unpaired) electrons. The van der Waals surface area contributed by atoms with E-state index in [1.165, 1.54) is 4.90 Å². The summed E-state index contributed by atoms with van der Waals surface area (Å²) in [6, 6.07) is -0.712. The molecule has 0 bridgehead atoms. The van der Waals surface area contributed by atoms with Gasteiger partial charge in [-0.3, -0.25) is 9.59 Å². The van der Waals surface area contributed by atoms with Gasteiger partial charge in [0, 0.05) is 6.54 Å². The third kappa shape index (κ3) is 7.26. The highest BCUT2D eigenvalue weighted by Crippen LogP contribution is 2.40. The van der Waals surface area contributed by atoms with Gasteiger partial charge in [0.1, 0.15) is 5.60 Å². The first kappa shape index (κ1) is 26.4. The van der Waals surface area contributed by atoms with Gasteiger partial charge in [0.15, 0.2) is 8.32 Å². The van der Waals surface area contributed by atoms with Crippen molar-refractivity contribution in [3.05, 3.63) is 0 Å². The van der Waals surface area contributed by atoms with Gasteiger partial charge >= 0.3 is 18.0 Å². The SMILES string of the molecule is CCOC(=O)CC(C(=O)O)[C@@H]1C[C@@H](O[Si](C)(C)C(C)(C)C)CN1C(=O)OC(C)(C)C. The molecule has 30 heavy (non-hydrogen) atoms. The number of hydrogen-bond acceptors (Lipinski definition) is 6. The average Bonchev–Trinajstić information content (AvgIpc) is 2.92. The molecule has 1 unspecified atom stereocenters. The Labute approximate surface area is 181 Å². The lowest BCUT2D eigenvalue weighted by Crippen LogP contribution is -2.46. The molecule has 1 saturated heterocycles. The highest BCUT2D eigenvalue weighted by atomic mass is 28.4. The van der Waals surface area contributed by atoms with Crippen molar-refractivity contribution in [3.8, 4) is 0 Å². The molecule has 0 saturated carbocycles. The summed E-state index contributed by atoms with van der Waals surface area (Å²) < 4.78 is 16.9. The van der Waals surface area contributed by atoms with Gasteiger partial charge < -0.3 is 23.9 Å². The van der Waals surface area contributed by atoms with E-state index < -0.39 is 43.9 Å². The predicted octanol–water partition coefficient (Wildman–Crippen LogP) is 4.04. The monoisotopic (exact) mass is 445 g/mol. The van der Waals surface area contributed by atoms with Gasteiger partial charge in [0.05, 0.1) is 31.1 Å². The molecule has 0 aromatic heterocycles. The fourth-order valence-corrected chi connectivity index (χ4v) is 4.56. The minimum Gasteiger partial charge on any atom is -0.481 e. The Morgan fingerprint density at radius 3 is 2.13 bits per heavy atom. The van der Waals surface area contributed by atoms with Gasteiger partial charge in [-0.15, -0.1) is 0 Å². The van der Waals surface area contributed by atoms with Crippen LogP contribution in [0.4, 0.5) is 4.79 Å². The highest BCUT2D eigenvalue weighted by molar-refractivity contribution is 6.74. The number of amides is 1. The molecule has 1 N–H and O–H groups in total. The Hall–Kier alpha value is -1.61. The number of likely N-dealkylation sites (tertiary alicyclic amines) is 1. The summed E-state index contributed by atoms with van der Waals surface area (Å²) in [7, 11) is -2.14. The molecule has 1 fully saturated rings. The molecule has 1 rings (SSSR count). The molecule has 8 nitrogen and oxygen atoms in total. The fraction of sp³-hybridized carbons (Fsp3) is 0.857. The minimum atomic E-state index is -2.14. The van der Waals surface area contributed by atoms with Crippen molar-refractivity contribution in [1.29, 1.82) is 0 Å². The third-order valence-corrected chi connectivity index (χ3v) is 10.2. The van der Waals surface area contributed by atoms with Crippen molar-refractivity contribution in [2.24, 2.45) is 5.92 Å². The van der Waals surface area contributed by atoms with Crippen molar-refractivity contribution in [2.75, 3.05) is 13.2 Å². The molecule has 1 aliphatic heterocycles. The highest BCUT2D eigenvalue weighted by Gasteiger charge is 2.48. The third-order valence-electron chi connectivity index (χ3n) is 5.67. The zero-order valence-electron chi connectivity index (χ0n) is 19.9. The standard InChI is InChI=1S/C21H39NO7Si/c1-10-27-17(23)12-15(18(24)25)16-11-14(29-30(8,9)21(5,6)7)13-22(16)19(26)28-20(2,3)4/h14-16H,10-13H2,1-9H3,(H,24,25)/t14-,15?,16+/m1/s1. The number of carbonyl (C=O) groups is 3. The number of nitrogens with zero attached hydrogens (tertiary/aromatic N) is 1. The van der Waals surface area contributed by atoms with Crippen LogP contribution in [0, 0.1) is 5.92 Å². The number of aliphatic carboxylic acids is 1. The zero-order chi connectivity index (χ0) is 23.5. The Bertz CT molecular complexity index is 636. The lowest BCUT2D eigenvalue weighted by Gasteiger charge is -2.38. The van der Waals surface area contributed by atoms with E-state index in [4.69, 9.17) is 13.9 Å². The summed E-state index contributed by atoms with van der Waals surface area (Å²) in [5, 5.41) is 9.78. The summed E-state index contributed by atoms with van der Waals surface area (Å²) in [5.74, 6) is -2.83. The number of carbonyl (C=O) groups excluding carboxylic acids is 2. The van der Waals surface area contributed by atoms with Gasteiger partial charge in [0.25, 0.3) is 0 Å². The summed E-state index contributed by atoms with van der Waals surface area (Å²) in [5.41, 5.74) is -0.722. The molecule has 1 amide bonds. The zero-order valence-corrected chi connectivity index (χ0v) is 20.9. The Balaban J connectivity index is 3.17. The quantitative estimate of drug-likeness (QED) is 0.466. The van der Waals surface area contributed by atoms with Crippen LogP contribution < -0.4 is 0 Å².